The standard InChI is InChI=1S/C6H7N.CHF3O3S.3ClH/c7-6-4-2-1-3-5-6;2-1(3,4)8(5,6)7;;;/h1-5H,7H2;(H,5,6,7);3*1H/p-3. The summed E-state index contributed by atoms with van der Waals surface area (Å²) >= 11 is 0. The minimum Gasteiger partial charge on any atom is -1.00 e. The monoisotopic (exact) mass is 348 g/mol. The van der Waals surface area contributed by atoms with E-state index in [0.29, 0.717) is 0 Å². The molecule has 110 valence electrons. The Hall–Kier alpha value is -0.250. The zero-order valence-corrected chi connectivity index (χ0v) is 11.6. The minimum atomic E-state index is -6.09. The molecule has 18 heavy (non-hydrogen) atoms. The van der Waals surface area contributed by atoms with E-state index in [1.54, 1.807) is 0 Å². The van der Waals surface area contributed by atoms with Crippen LogP contribution in [-0.2, 0) is 10.1 Å². The first-order chi connectivity index (χ1) is 6.64. The molecule has 0 aliphatic heterocycles. The maximum absolute atomic E-state index is 10.7. The van der Waals surface area contributed by atoms with Crippen molar-refractivity contribution in [2.24, 2.45) is 0 Å². The van der Waals surface area contributed by atoms with Gasteiger partial charge in [-0.2, -0.15) is 13.2 Å². The first-order valence-electron chi connectivity index (χ1n) is 3.54. The molecule has 1 aromatic rings. The normalized spacial score (nSPS) is 9.61. The third-order valence-electron chi connectivity index (χ3n) is 1.13. The zero-order valence-electron chi connectivity index (χ0n) is 8.49. The van der Waals surface area contributed by atoms with Crippen molar-refractivity contribution in [2.75, 3.05) is 0 Å². The van der Waals surface area contributed by atoms with Crippen LogP contribution in [0.1, 0.15) is 0 Å². The van der Waals surface area contributed by atoms with E-state index < -0.39 is 15.6 Å². The highest BCUT2D eigenvalue weighted by molar-refractivity contribution is 7.86. The van der Waals surface area contributed by atoms with Crippen LogP contribution in [0.2, 0.25) is 0 Å². The fraction of sp³-hybridized carbons (Fsp3) is 0.143. The molecule has 0 radical (unpaired) electrons. The minimum absolute atomic E-state index is 0. The summed E-state index contributed by atoms with van der Waals surface area (Å²) in [6.07, 6.45) is 0. The van der Waals surface area contributed by atoms with E-state index in [9.17, 15) is 13.2 Å². The topological polar surface area (TPSA) is 84.8 Å². The maximum atomic E-state index is 10.7. The van der Waals surface area contributed by atoms with Crippen LogP contribution in [0.15, 0.2) is 30.3 Å². The highest BCUT2D eigenvalue weighted by Gasteiger charge is 2.36. The third kappa shape index (κ3) is 12.2. The van der Waals surface area contributed by atoms with Crippen molar-refractivity contribution in [2.45, 2.75) is 5.51 Å². The van der Waals surface area contributed by atoms with Gasteiger partial charge in [0.15, 0.2) is 10.1 Å². The Morgan fingerprint density at radius 3 is 1.39 bits per heavy atom. The van der Waals surface area contributed by atoms with Gasteiger partial charge in [-0.1, -0.05) is 18.2 Å². The van der Waals surface area contributed by atoms with E-state index in [4.69, 9.17) is 13.0 Å². The first kappa shape index (κ1) is 26.3. The molecule has 0 saturated heterocycles. The molecule has 0 atom stereocenters. The van der Waals surface area contributed by atoms with E-state index in [2.05, 4.69) is 5.73 Å². The van der Waals surface area contributed by atoms with Crippen LogP contribution in [0.5, 0.6) is 0 Å². The van der Waals surface area contributed by atoms with E-state index in [0.717, 1.165) is 5.69 Å². The van der Waals surface area contributed by atoms with Gasteiger partial charge in [-0.3, -0.25) is 0 Å². The second-order valence-corrected chi connectivity index (χ2v) is 3.76. The average Bonchev–Trinajstić information content (AvgIpc) is 2.02. The summed E-state index contributed by atoms with van der Waals surface area (Å²) in [6.45, 7) is 0. The molecular weight excluding hydrogens is 342 g/mol. The van der Waals surface area contributed by atoms with Crippen LogP contribution in [0.4, 0.5) is 18.9 Å². The summed E-state index contributed by atoms with van der Waals surface area (Å²) in [5, 5.41) is 0. The highest BCUT2D eigenvalue weighted by Crippen LogP contribution is 2.20. The molecule has 0 aliphatic rings. The number of hydrogen-bond acceptors (Lipinski definition) is 3. The van der Waals surface area contributed by atoms with Gasteiger partial charge in [0.25, 0.3) is 0 Å². The zero-order chi connectivity index (χ0) is 12.1. The summed E-state index contributed by atoms with van der Waals surface area (Å²) in [6, 6.07) is 9.87. The van der Waals surface area contributed by atoms with Crippen LogP contribution in [0, 0.1) is 0 Å². The molecule has 1 rings (SSSR count). The van der Waals surface area contributed by atoms with Crippen LogP contribution in [0.25, 0.3) is 0 Å². The Kier molecular flexibility index (Phi) is 15.6. The lowest BCUT2D eigenvalue weighted by molar-refractivity contribution is -0.254. The van der Waals surface area contributed by atoms with Gasteiger partial charge in [0.05, 0.1) is 0 Å². The third-order valence-corrected chi connectivity index (χ3v) is 1.69. The lowest BCUT2D eigenvalue weighted by Gasteiger charge is -2.08. The van der Waals surface area contributed by atoms with Gasteiger partial charge >= 0.3 is 5.51 Å². The van der Waals surface area contributed by atoms with Gasteiger partial charge < -0.3 is 47.5 Å². The van der Waals surface area contributed by atoms with Gasteiger partial charge in [0, 0.05) is 0 Å². The molecule has 0 saturated carbocycles. The smallest absolute Gasteiger partial charge is 0.485 e. The fourth-order valence-electron chi connectivity index (χ4n) is 0.478. The van der Waals surface area contributed by atoms with Crippen molar-refractivity contribution in [3.63, 3.8) is 0 Å². The van der Waals surface area contributed by atoms with Gasteiger partial charge in [0.1, 0.15) is 5.69 Å². The Morgan fingerprint density at radius 2 is 1.28 bits per heavy atom. The molecule has 1 aromatic carbocycles. The molecule has 0 aromatic heterocycles. The van der Waals surface area contributed by atoms with Crippen molar-refractivity contribution in [3.8, 4) is 0 Å². The Labute approximate surface area is 121 Å². The molecule has 0 fully saturated rings. The molecule has 0 amide bonds. The van der Waals surface area contributed by atoms with Gasteiger partial charge in [0.2, 0.25) is 0 Å². The predicted octanol–water partition coefficient (Wildman–Crippen LogP) is -8.38. The quantitative estimate of drug-likeness (QED) is 0.373. The Morgan fingerprint density at radius 1 is 1.00 bits per heavy atom. The molecule has 11 heteroatoms. The molecule has 3 N–H and O–H groups in total. The highest BCUT2D eigenvalue weighted by atomic mass is 35.5. The number of alkyl halides is 3. The van der Waals surface area contributed by atoms with Crippen molar-refractivity contribution in [1.29, 1.82) is 0 Å². The summed E-state index contributed by atoms with van der Waals surface area (Å²) < 4.78 is 58.9. The van der Waals surface area contributed by atoms with Gasteiger partial charge in [-0.05, 0) is 12.1 Å². The van der Waals surface area contributed by atoms with Crippen molar-refractivity contribution in [3.05, 3.63) is 30.3 Å². The number of halogens is 6. The lowest BCUT2D eigenvalue weighted by Crippen LogP contribution is -3.00. The number of benzene rings is 1. The average molecular weight is 350 g/mol. The van der Waals surface area contributed by atoms with E-state index in [-0.39, 0.29) is 37.2 Å². The maximum Gasteiger partial charge on any atom is 0.485 e. The number of rotatable bonds is 0. The largest absolute Gasteiger partial charge is 1.00 e. The summed E-state index contributed by atoms with van der Waals surface area (Å²) in [4.78, 5) is 0. The molecule has 0 bridgehead atoms. The first-order valence-corrected chi connectivity index (χ1v) is 4.94. The van der Waals surface area contributed by atoms with Gasteiger partial charge in [-0.15, -0.1) is 0 Å². The molecule has 0 aliphatic carbocycles. The predicted molar refractivity (Wildman–Crippen MR) is 44.7 cm³/mol. The molecule has 0 heterocycles. The van der Waals surface area contributed by atoms with Crippen molar-refractivity contribution in [1.82, 2.24) is 0 Å². The van der Waals surface area contributed by atoms with Crippen LogP contribution in [-0.4, -0.2) is 18.5 Å². The second kappa shape index (κ2) is 10.7. The van der Waals surface area contributed by atoms with Crippen LogP contribution < -0.4 is 43.0 Å². The second-order valence-electron chi connectivity index (χ2n) is 2.39. The SMILES string of the molecule is O=S(=O)([O-])C(F)(F)F.[Cl-].[Cl-].[Cl-].[NH3+]c1ccccc1. The van der Waals surface area contributed by atoms with Crippen molar-refractivity contribution < 1.29 is 69.1 Å². The Balaban J connectivity index is -0.0000000935. The number of hydrogen-bond donors (Lipinski definition) is 1. The van der Waals surface area contributed by atoms with Crippen LogP contribution >= 0.6 is 0 Å². The Bertz CT molecular complexity index is 399. The number of quaternary nitrogens is 1. The molecule has 4 nitrogen and oxygen atoms in total. The van der Waals surface area contributed by atoms with Crippen LogP contribution in [0.3, 0.4) is 0 Å². The molecular formula is C7H8Cl3F3NO3S-3. The summed E-state index contributed by atoms with van der Waals surface area (Å²) in [5.41, 5.74) is -0.854. The van der Waals surface area contributed by atoms with E-state index in [1.165, 1.54) is 0 Å². The molecule has 0 spiro atoms. The summed E-state index contributed by atoms with van der Waals surface area (Å²) in [7, 11) is -6.09. The lowest BCUT2D eigenvalue weighted by atomic mass is 10.3. The van der Waals surface area contributed by atoms with Gasteiger partial charge in [-0.25, -0.2) is 8.42 Å². The fourth-order valence-corrected chi connectivity index (χ4v) is 0.478. The van der Waals surface area contributed by atoms with Crippen molar-refractivity contribution >= 4 is 15.8 Å². The van der Waals surface area contributed by atoms with E-state index >= 15 is 0 Å². The summed E-state index contributed by atoms with van der Waals surface area (Å²) in [5.74, 6) is 0. The molecule has 0 unspecified atom stereocenters. The van der Waals surface area contributed by atoms with E-state index in [1.807, 2.05) is 30.3 Å².